The zero-order valence-electron chi connectivity index (χ0n) is 9.56. The molecule has 1 aromatic carbocycles. The number of carbonyl (C=O) groups is 1. The minimum Gasteiger partial charge on any atom is -0.493 e. The van der Waals surface area contributed by atoms with Crippen molar-refractivity contribution in [2.75, 3.05) is 6.61 Å². The summed E-state index contributed by atoms with van der Waals surface area (Å²) in [4.78, 5) is 10.9. The Kier molecular flexibility index (Phi) is 2.86. The van der Waals surface area contributed by atoms with Gasteiger partial charge >= 0.3 is 5.97 Å². The maximum atomic E-state index is 10.9. The van der Waals surface area contributed by atoms with Crippen molar-refractivity contribution >= 4 is 5.97 Å². The number of hydrogen-bond donors (Lipinski definition) is 1. The van der Waals surface area contributed by atoms with Crippen LogP contribution in [0.25, 0.3) is 0 Å². The lowest BCUT2D eigenvalue weighted by molar-refractivity contribution is -0.141. The van der Waals surface area contributed by atoms with Crippen molar-refractivity contribution in [1.29, 1.82) is 0 Å². The molecule has 1 N–H and O–H groups in total. The largest absolute Gasteiger partial charge is 0.493 e. The molecule has 2 atom stereocenters. The van der Waals surface area contributed by atoms with Crippen LogP contribution < -0.4 is 4.74 Å². The lowest BCUT2D eigenvalue weighted by Gasteiger charge is -2.11. The van der Waals surface area contributed by atoms with Gasteiger partial charge in [-0.3, -0.25) is 4.79 Å². The second-order valence-corrected chi connectivity index (χ2v) is 4.48. The van der Waals surface area contributed by atoms with Gasteiger partial charge in [-0.2, -0.15) is 0 Å². The molecule has 1 aliphatic rings. The van der Waals surface area contributed by atoms with Crippen molar-refractivity contribution in [3.63, 3.8) is 0 Å². The molecule has 3 heteroatoms. The van der Waals surface area contributed by atoms with E-state index < -0.39 is 5.97 Å². The highest BCUT2D eigenvalue weighted by molar-refractivity contribution is 5.70. The molecule has 0 saturated heterocycles. The van der Waals surface area contributed by atoms with E-state index in [2.05, 4.69) is 6.92 Å². The van der Waals surface area contributed by atoms with Crippen LogP contribution in [0.3, 0.4) is 0 Å². The van der Waals surface area contributed by atoms with E-state index in [1.54, 1.807) is 6.92 Å². The van der Waals surface area contributed by atoms with E-state index in [-0.39, 0.29) is 5.92 Å². The Morgan fingerprint density at radius 1 is 1.62 bits per heavy atom. The molecular weight excluding hydrogens is 204 g/mol. The summed E-state index contributed by atoms with van der Waals surface area (Å²) in [5.41, 5.74) is 2.30. The fraction of sp³-hybridized carbons (Fsp3) is 0.462. The van der Waals surface area contributed by atoms with E-state index >= 15 is 0 Å². The van der Waals surface area contributed by atoms with Gasteiger partial charge in [0.25, 0.3) is 0 Å². The Bertz CT molecular complexity index is 412. The van der Waals surface area contributed by atoms with Crippen LogP contribution in [0.4, 0.5) is 0 Å². The molecule has 0 aliphatic carbocycles. The van der Waals surface area contributed by atoms with E-state index in [0.717, 1.165) is 11.3 Å². The first-order valence-electron chi connectivity index (χ1n) is 5.57. The molecule has 86 valence electrons. The molecule has 0 saturated carbocycles. The summed E-state index contributed by atoms with van der Waals surface area (Å²) in [7, 11) is 0. The third kappa shape index (κ3) is 1.90. The van der Waals surface area contributed by atoms with Crippen LogP contribution in [0, 0.1) is 5.92 Å². The fourth-order valence-electron chi connectivity index (χ4n) is 2.17. The summed E-state index contributed by atoms with van der Waals surface area (Å²) in [6, 6.07) is 5.89. The van der Waals surface area contributed by atoms with Crippen LogP contribution in [0.1, 0.15) is 30.9 Å². The Balaban J connectivity index is 2.29. The molecular formula is C13H16O3. The first kappa shape index (κ1) is 11.0. The topological polar surface area (TPSA) is 46.5 Å². The highest BCUT2D eigenvalue weighted by Gasteiger charge is 2.24. The predicted molar refractivity (Wildman–Crippen MR) is 60.9 cm³/mol. The van der Waals surface area contributed by atoms with E-state index in [9.17, 15) is 4.79 Å². The zero-order chi connectivity index (χ0) is 11.7. The molecule has 0 fully saturated rings. The quantitative estimate of drug-likeness (QED) is 0.851. The normalized spacial score (nSPS) is 20.0. The SMILES string of the molecule is CC(Cc1cccc2c1C(C)CO2)C(=O)O. The van der Waals surface area contributed by atoms with Gasteiger partial charge in [0.1, 0.15) is 5.75 Å². The van der Waals surface area contributed by atoms with Gasteiger partial charge in [0.2, 0.25) is 0 Å². The molecule has 2 rings (SSSR count). The fourth-order valence-corrected chi connectivity index (χ4v) is 2.17. The molecule has 1 heterocycles. The van der Waals surface area contributed by atoms with E-state index in [4.69, 9.17) is 9.84 Å². The van der Waals surface area contributed by atoms with Crippen molar-refractivity contribution in [3.05, 3.63) is 29.3 Å². The summed E-state index contributed by atoms with van der Waals surface area (Å²) >= 11 is 0. The molecule has 1 aromatic rings. The minimum absolute atomic E-state index is 0.348. The average Bonchev–Trinajstić information content (AvgIpc) is 2.61. The molecule has 16 heavy (non-hydrogen) atoms. The maximum Gasteiger partial charge on any atom is 0.306 e. The van der Waals surface area contributed by atoms with Crippen molar-refractivity contribution < 1.29 is 14.6 Å². The van der Waals surface area contributed by atoms with Crippen LogP contribution in [0.5, 0.6) is 5.75 Å². The van der Waals surface area contributed by atoms with Crippen LogP contribution in [0.2, 0.25) is 0 Å². The van der Waals surface area contributed by atoms with Gasteiger partial charge in [0.15, 0.2) is 0 Å². The lowest BCUT2D eigenvalue weighted by Crippen LogP contribution is -2.13. The number of rotatable bonds is 3. The third-order valence-corrected chi connectivity index (χ3v) is 3.09. The number of carboxylic acids is 1. The van der Waals surface area contributed by atoms with E-state index in [0.29, 0.717) is 18.9 Å². The number of ether oxygens (including phenoxy) is 1. The first-order chi connectivity index (χ1) is 7.59. The number of carboxylic acid groups (broad SMARTS) is 1. The Morgan fingerprint density at radius 3 is 3.06 bits per heavy atom. The van der Waals surface area contributed by atoms with Crippen molar-refractivity contribution in [3.8, 4) is 5.75 Å². The molecule has 2 unspecified atom stereocenters. The molecule has 0 amide bonds. The second-order valence-electron chi connectivity index (χ2n) is 4.48. The van der Waals surface area contributed by atoms with Crippen molar-refractivity contribution in [2.24, 2.45) is 5.92 Å². The number of aliphatic carboxylic acids is 1. The highest BCUT2D eigenvalue weighted by Crippen LogP contribution is 2.36. The van der Waals surface area contributed by atoms with Crippen LogP contribution in [-0.4, -0.2) is 17.7 Å². The maximum absolute atomic E-state index is 10.9. The summed E-state index contributed by atoms with van der Waals surface area (Å²) < 4.78 is 5.55. The second kappa shape index (κ2) is 4.16. The van der Waals surface area contributed by atoms with E-state index in [1.165, 1.54) is 5.56 Å². The molecule has 3 nitrogen and oxygen atoms in total. The van der Waals surface area contributed by atoms with E-state index in [1.807, 2.05) is 18.2 Å². The van der Waals surface area contributed by atoms with Gasteiger partial charge in [-0.1, -0.05) is 26.0 Å². The number of benzene rings is 1. The Labute approximate surface area is 95.0 Å². The number of fused-ring (bicyclic) bond motifs is 1. The summed E-state index contributed by atoms with van der Waals surface area (Å²) in [6.07, 6.45) is 0.576. The third-order valence-electron chi connectivity index (χ3n) is 3.09. The van der Waals surface area contributed by atoms with Crippen LogP contribution in [-0.2, 0) is 11.2 Å². The molecule has 1 aliphatic heterocycles. The zero-order valence-corrected chi connectivity index (χ0v) is 9.56. The minimum atomic E-state index is -0.746. The predicted octanol–water partition coefficient (Wildman–Crippen LogP) is 2.45. The van der Waals surface area contributed by atoms with Crippen LogP contribution >= 0.6 is 0 Å². The monoisotopic (exact) mass is 220 g/mol. The standard InChI is InChI=1S/C13H16O3/c1-8(13(14)15)6-10-4-3-5-11-12(10)9(2)7-16-11/h3-5,8-9H,6-7H2,1-2H3,(H,14,15). The van der Waals surface area contributed by atoms with Gasteiger partial charge in [0.05, 0.1) is 12.5 Å². The summed E-state index contributed by atoms with van der Waals surface area (Å²) in [5.74, 6) is 0.193. The molecule has 0 bridgehead atoms. The van der Waals surface area contributed by atoms with Crippen molar-refractivity contribution in [1.82, 2.24) is 0 Å². The van der Waals surface area contributed by atoms with Crippen molar-refractivity contribution in [2.45, 2.75) is 26.2 Å². The summed E-state index contributed by atoms with van der Waals surface area (Å²) in [5, 5.41) is 8.93. The number of hydrogen-bond acceptors (Lipinski definition) is 2. The highest BCUT2D eigenvalue weighted by atomic mass is 16.5. The van der Waals surface area contributed by atoms with Gasteiger partial charge in [-0.25, -0.2) is 0 Å². The summed E-state index contributed by atoms with van der Waals surface area (Å²) in [6.45, 7) is 4.55. The van der Waals surface area contributed by atoms with Gasteiger partial charge in [0, 0.05) is 11.5 Å². The van der Waals surface area contributed by atoms with Gasteiger partial charge in [-0.15, -0.1) is 0 Å². The molecule has 0 spiro atoms. The van der Waals surface area contributed by atoms with Gasteiger partial charge < -0.3 is 9.84 Å². The lowest BCUT2D eigenvalue weighted by atomic mass is 9.91. The first-order valence-corrected chi connectivity index (χ1v) is 5.57. The Morgan fingerprint density at radius 2 is 2.38 bits per heavy atom. The van der Waals surface area contributed by atoms with Gasteiger partial charge in [-0.05, 0) is 18.1 Å². The Hall–Kier alpha value is -1.51. The smallest absolute Gasteiger partial charge is 0.306 e. The average molecular weight is 220 g/mol. The molecule has 0 radical (unpaired) electrons. The van der Waals surface area contributed by atoms with Crippen LogP contribution in [0.15, 0.2) is 18.2 Å². The molecule has 0 aromatic heterocycles.